The number of aromatic nitrogens is 5. The Kier molecular flexibility index (Phi) is 18.8. The van der Waals surface area contributed by atoms with Crippen molar-refractivity contribution in [1.82, 2.24) is 28.9 Å². The molecule has 4 aromatic carbocycles. The third-order valence-corrected chi connectivity index (χ3v) is 12.9. The van der Waals surface area contributed by atoms with Crippen LogP contribution in [0, 0.1) is 0 Å². The first-order valence-corrected chi connectivity index (χ1v) is 26.1. The molecule has 0 spiro atoms. The maximum absolute atomic E-state index is 13.5. The number of aryl methyl sites for hydroxylation is 1. The Bertz CT molecular complexity index is 2990. The van der Waals surface area contributed by atoms with Gasteiger partial charge in [-0.2, -0.15) is 8.58 Å². The van der Waals surface area contributed by atoms with E-state index in [0.29, 0.717) is 74.6 Å². The van der Waals surface area contributed by atoms with E-state index in [1.165, 1.54) is 82.0 Å². The molecule has 3 amide bonds. The Labute approximate surface area is 424 Å². The van der Waals surface area contributed by atoms with Crippen molar-refractivity contribution in [1.29, 1.82) is 0 Å². The van der Waals surface area contributed by atoms with E-state index in [-0.39, 0.29) is 41.2 Å². The van der Waals surface area contributed by atoms with E-state index in [9.17, 15) is 23.7 Å². The summed E-state index contributed by atoms with van der Waals surface area (Å²) in [5.74, 6) is 0.981. The minimum absolute atomic E-state index is 0.0535. The van der Waals surface area contributed by atoms with Gasteiger partial charge in [-0.25, -0.2) is 4.72 Å². The largest absolute Gasteiger partial charge is 0.504 e. The number of anilines is 3. The van der Waals surface area contributed by atoms with Crippen LogP contribution in [0.2, 0.25) is 0 Å². The van der Waals surface area contributed by atoms with Crippen molar-refractivity contribution in [3.8, 4) is 28.7 Å². The highest BCUT2D eigenvalue weighted by Gasteiger charge is 2.22. The van der Waals surface area contributed by atoms with Gasteiger partial charge in [0.2, 0.25) is 11.8 Å². The molecule has 0 saturated carbocycles. The number of aromatic amines is 1. The maximum Gasteiger partial charge on any atom is 0.288 e. The number of nitrogens with zero attached hydrogens (tertiary/aromatic N) is 6. The Morgan fingerprint density at radius 2 is 1.49 bits per heavy atom. The molecular weight excluding hydrogens is 959 g/mol. The highest BCUT2D eigenvalue weighted by atomic mass is 32.2. The van der Waals surface area contributed by atoms with Crippen molar-refractivity contribution < 1.29 is 37.4 Å². The number of aromatic hydroxyl groups is 1. The summed E-state index contributed by atoms with van der Waals surface area (Å²) in [6.45, 7) is 9.68. The fourth-order valence-corrected chi connectivity index (χ4v) is 9.07. The van der Waals surface area contributed by atoms with Crippen molar-refractivity contribution in [2.75, 3.05) is 29.1 Å². The molecule has 0 aliphatic heterocycles. The molecule has 0 aliphatic rings. The minimum Gasteiger partial charge on any atom is -0.504 e. The van der Waals surface area contributed by atoms with Gasteiger partial charge in [0, 0.05) is 49.0 Å². The van der Waals surface area contributed by atoms with Crippen LogP contribution in [-0.4, -0.2) is 64.4 Å². The van der Waals surface area contributed by atoms with Gasteiger partial charge in [-0.15, -0.1) is 25.1 Å². The Morgan fingerprint density at radius 3 is 2.17 bits per heavy atom. The fraction of sp³-hybridized carbons (Fsp3) is 0.373. The molecule has 2 unspecified atom stereocenters. The quantitative estimate of drug-likeness (QED) is 0.0161. The summed E-state index contributed by atoms with van der Waals surface area (Å²) in [6.07, 6.45) is 13.3. The number of unbranched alkanes of at least 4 members (excludes halogenated alkanes) is 9. The summed E-state index contributed by atoms with van der Waals surface area (Å²) in [5.41, 5.74) is 2.93. The van der Waals surface area contributed by atoms with Crippen LogP contribution in [-0.2, 0) is 27.3 Å². The summed E-state index contributed by atoms with van der Waals surface area (Å²) < 4.78 is 39.7. The average molecular weight is 1020 g/mol. The van der Waals surface area contributed by atoms with Gasteiger partial charge in [0.1, 0.15) is 28.8 Å². The van der Waals surface area contributed by atoms with Crippen LogP contribution < -0.4 is 34.3 Å². The van der Waals surface area contributed by atoms with Crippen molar-refractivity contribution in [3.05, 3.63) is 95.9 Å². The van der Waals surface area contributed by atoms with Gasteiger partial charge >= 0.3 is 0 Å². The van der Waals surface area contributed by atoms with Crippen molar-refractivity contribution in [2.24, 2.45) is 10.2 Å². The first-order valence-electron chi connectivity index (χ1n) is 24.2. The number of benzene rings is 4. The van der Waals surface area contributed by atoms with Crippen LogP contribution in [0.3, 0.4) is 0 Å². The first kappa shape index (κ1) is 52.6. The van der Waals surface area contributed by atoms with E-state index >= 15 is 0 Å². The van der Waals surface area contributed by atoms with Crippen molar-refractivity contribution in [2.45, 2.75) is 111 Å². The molecule has 0 saturated heterocycles. The standard InChI is InChI=1S/C51H61N11O8S2/c1-6-8-9-10-11-12-13-14-15-16-26-68-38-21-23-39(24-22-38)70-72(67)52-31-32(3)48-56-49-47(42(7-2)59-62(49)60-48)69-40-19-17-18-36(28-40)55-50(66)35-20-25-41-43(27-35)61-71-51(41)58-57-37-29-44(53-33(4)63)46(65)45(30-37)54-34(5)64/h17-25,27-30,32,52,65H,6-16,26,31H2,1-5H3,(H,53,63)(H,54,64)(H,55,66)(H,56,60). The van der Waals surface area contributed by atoms with E-state index in [4.69, 9.17) is 13.7 Å². The zero-order valence-corrected chi connectivity index (χ0v) is 42.7. The SMILES string of the molecule is CCCCCCCCCCCCOc1ccc(OS(=O)NCC(C)c2nn3nc(CC)c(Oc4cccc(NC(=O)c5ccc6c(N=Nc7cc(NC(C)=O)c(O)c(NC(C)=O)c7)snc6c5)c4)c3[nH]2)cc1. The zero-order valence-electron chi connectivity index (χ0n) is 41.1. The van der Waals surface area contributed by atoms with Gasteiger partial charge < -0.3 is 39.7 Å². The molecule has 19 nitrogen and oxygen atoms in total. The van der Waals surface area contributed by atoms with E-state index < -0.39 is 23.1 Å². The van der Waals surface area contributed by atoms with E-state index in [1.54, 1.807) is 54.6 Å². The lowest BCUT2D eigenvalue weighted by Crippen LogP contribution is -2.26. The predicted molar refractivity (Wildman–Crippen MR) is 281 cm³/mol. The summed E-state index contributed by atoms with van der Waals surface area (Å²) >= 11 is -0.737. The van der Waals surface area contributed by atoms with Crippen LogP contribution in [0.15, 0.2) is 89.1 Å². The molecule has 2 atom stereocenters. The van der Waals surface area contributed by atoms with E-state index in [0.717, 1.165) is 30.1 Å². The highest BCUT2D eigenvalue weighted by Crippen LogP contribution is 2.39. The minimum atomic E-state index is -1.81. The average Bonchev–Trinajstić information content (AvgIpc) is 4.07. The second-order valence-electron chi connectivity index (χ2n) is 17.3. The van der Waals surface area contributed by atoms with Gasteiger partial charge in [0.05, 0.1) is 29.2 Å². The number of phenolic OH excluding ortho intramolecular Hbond substituents is 1. The zero-order chi connectivity index (χ0) is 51.0. The van der Waals surface area contributed by atoms with Crippen LogP contribution in [0.25, 0.3) is 16.6 Å². The van der Waals surface area contributed by atoms with Crippen molar-refractivity contribution >= 4 is 84.8 Å². The highest BCUT2D eigenvalue weighted by molar-refractivity contribution is 7.78. The number of hydrogen-bond acceptors (Lipinski definition) is 14. The molecule has 21 heteroatoms. The molecule has 3 aromatic heterocycles. The number of H-pyrrole nitrogens is 1. The summed E-state index contributed by atoms with van der Waals surface area (Å²) in [6, 6.07) is 22.0. The lowest BCUT2D eigenvalue weighted by molar-refractivity contribution is -0.115. The van der Waals surface area contributed by atoms with Gasteiger partial charge in [-0.3, -0.25) is 14.4 Å². The Morgan fingerprint density at radius 1 is 0.806 bits per heavy atom. The molecule has 380 valence electrons. The number of azo groups is 1. The smallest absolute Gasteiger partial charge is 0.288 e. The molecule has 0 aliphatic carbocycles. The third kappa shape index (κ3) is 14.7. The van der Waals surface area contributed by atoms with Crippen LogP contribution in [0.4, 0.5) is 27.8 Å². The fourth-order valence-electron chi connectivity index (χ4n) is 7.65. The number of phenols is 1. The summed E-state index contributed by atoms with van der Waals surface area (Å²) in [5, 5.41) is 37.5. The van der Waals surface area contributed by atoms with Gasteiger partial charge in [-0.1, -0.05) is 84.6 Å². The molecule has 3 heterocycles. The second kappa shape index (κ2) is 25.8. The number of nitrogens with one attached hydrogen (secondary N) is 5. The molecular formula is C51H61N11O8S2. The number of fused-ring (bicyclic) bond motifs is 2. The van der Waals surface area contributed by atoms with Crippen LogP contribution >= 0.6 is 11.5 Å². The Hall–Kier alpha value is -7.23. The molecule has 0 fully saturated rings. The number of rotatable bonds is 27. The van der Waals surface area contributed by atoms with Gasteiger partial charge in [-0.05, 0) is 91.1 Å². The van der Waals surface area contributed by atoms with Crippen LogP contribution in [0.1, 0.15) is 127 Å². The third-order valence-electron chi connectivity index (χ3n) is 11.4. The summed E-state index contributed by atoms with van der Waals surface area (Å²) in [4.78, 5) is 40.3. The lowest BCUT2D eigenvalue weighted by Gasteiger charge is -2.11. The topological polar surface area (TPSA) is 248 Å². The Balaban J connectivity index is 0.901. The van der Waals surface area contributed by atoms with Crippen LogP contribution in [0.5, 0.6) is 28.7 Å². The number of carbonyl (C=O) groups is 3. The molecule has 72 heavy (non-hydrogen) atoms. The van der Waals surface area contributed by atoms with Gasteiger partial charge in [0.15, 0.2) is 22.1 Å². The monoisotopic (exact) mass is 1020 g/mol. The number of carbonyl (C=O) groups excluding carboxylic acids is 3. The summed E-state index contributed by atoms with van der Waals surface area (Å²) in [7, 11) is 0. The lowest BCUT2D eigenvalue weighted by atomic mass is 10.1. The normalized spacial score (nSPS) is 12.3. The molecule has 0 bridgehead atoms. The molecule has 0 radical (unpaired) electrons. The number of amides is 3. The number of ether oxygens (including phenoxy) is 2. The maximum atomic E-state index is 13.5. The molecule has 7 aromatic rings. The first-order chi connectivity index (χ1) is 34.9. The molecule has 6 N–H and O–H groups in total. The number of hydrogen-bond donors (Lipinski definition) is 6. The van der Waals surface area contributed by atoms with E-state index in [1.807, 2.05) is 26.0 Å². The van der Waals surface area contributed by atoms with Crippen molar-refractivity contribution in [3.63, 3.8) is 0 Å². The van der Waals surface area contributed by atoms with Gasteiger partial charge in [0.25, 0.3) is 17.2 Å². The molecule has 7 rings (SSSR count). The van der Waals surface area contributed by atoms with E-state index in [2.05, 4.69) is 57.4 Å². The predicted octanol–water partition coefficient (Wildman–Crippen LogP) is 12.0. The second-order valence-corrected chi connectivity index (χ2v) is 19.0.